The molecule has 278 valence electrons. The number of fused-ring (bicyclic) bond motifs is 1. The molecule has 11 heteroatoms. The Hall–Kier alpha value is -5.55. The Bertz CT molecular complexity index is 2100. The third kappa shape index (κ3) is 7.87. The van der Waals surface area contributed by atoms with Gasteiger partial charge in [-0.2, -0.15) is 0 Å². The maximum Gasteiger partial charge on any atom is 0.328 e. The molecule has 0 unspecified atom stereocenters. The lowest BCUT2D eigenvalue weighted by molar-refractivity contribution is -0.120. The van der Waals surface area contributed by atoms with E-state index in [1.807, 2.05) is 30.7 Å². The number of urea groups is 1. The number of nitrogens with one attached hydrogen (secondary N) is 3. The predicted octanol–water partition coefficient (Wildman–Crippen LogP) is 7.72. The summed E-state index contributed by atoms with van der Waals surface area (Å²) in [6.45, 7) is 11.1. The first kappa shape index (κ1) is 35.5. The second-order valence-electron chi connectivity index (χ2n) is 14.9. The predicted molar refractivity (Wildman–Crippen MR) is 217 cm³/mol. The number of hydrogen-bond acceptors (Lipinski definition) is 9. The van der Waals surface area contributed by atoms with Crippen LogP contribution in [0.5, 0.6) is 0 Å². The minimum Gasteiger partial charge on any atom is -0.384 e. The number of piperidine rings is 2. The van der Waals surface area contributed by atoms with Crippen molar-refractivity contribution >= 4 is 51.5 Å². The smallest absolute Gasteiger partial charge is 0.328 e. The maximum absolute atomic E-state index is 12.2. The van der Waals surface area contributed by atoms with Gasteiger partial charge in [-0.3, -0.25) is 20.0 Å². The molecule has 0 saturated carbocycles. The molecule has 0 bridgehead atoms. The van der Waals surface area contributed by atoms with E-state index in [9.17, 15) is 9.59 Å². The molecule has 0 atom stereocenters. The second-order valence-corrected chi connectivity index (χ2v) is 14.9. The van der Waals surface area contributed by atoms with Crippen LogP contribution in [0.25, 0.3) is 22.0 Å². The molecule has 3 fully saturated rings. The van der Waals surface area contributed by atoms with Crippen LogP contribution < -0.4 is 25.8 Å². The van der Waals surface area contributed by atoms with Crippen LogP contribution in [-0.2, 0) is 4.79 Å². The summed E-state index contributed by atoms with van der Waals surface area (Å²) in [7, 11) is 0. The van der Waals surface area contributed by atoms with Crippen molar-refractivity contribution in [1.82, 2.24) is 25.2 Å². The van der Waals surface area contributed by atoms with Crippen LogP contribution in [0, 0.1) is 12.8 Å². The number of nitrogens with zero attached hydrogens (tertiary/aromatic N) is 6. The monoisotopic (exact) mass is 723 g/mol. The van der Waals surface area contributed by atoms with Crippen molar-refractivity contribution in [3.05, 3.63) is 96.4 Å². The number of imide groups is 1. The molecule has 3 amide bonds. The summed E-state index contributed by atoms with van der Waals surface area (Å²) in [5.41, 5.74) is 9.72. The van der Waals surface area contributed by atoms with Gasteiger partial charge in [-0.1, -0.05) is 24.3 Å². The number of pyridine rings is 1. The highest BCUT2D eigenvalue weighted by Gasteiger charge is 2.27. The first-order valence-corrected chi connectivity index (χ1v) is 19.4. The molecule has 0 spiro atoms. The average molecular weight is 724 g/mol. The Morgan fingerprint density at radius 1 is 0.833 bits per heavy atom. The number of benzene rings is 3. The molecule has 0 radical (unpaired) electrons. The van der Waals surface area contributed by atoms with Crippen molar-refractivity contribution in [2.75, 3.05) is 66.2 Å². The topological polar surface area (TPSA) is 119 Å². The van der Waals surface area contributed by atoms with Crippen molar-refractivity contribution in [3.8, 4) is 11.1 Å². The van der Waals surface area contributed by atoms with E-state index in [0.717, 1.165) is 77.7 Å². The number of anilines is 5. The number of aromatic nitrogens is 3. The van der Waals surface area contributed by atoms with Gasteiger partial charge in [-0.05, 0) is 124 Å². The number of likely N-dealkylation sites (tertiary alicyclic amines) is 1. The molecule has 3 N–H and O–H groups in total. The first-order valence-electron chi connectivity index (χ1n) is 19.4. The van der Waals surface area contributed by atoms with Crippen molar-refractivity contribution in [2.45, 2.75) is 51.9 Å². The highest BCUT2D eigenvalue weighted by molar-refractivity contribution is 6.05. The van der Waals surface area contributed by atoms with Gasteiger partial charge >= 0.3 is 6.03 Å². The zero-order valence-electron chi connectivity index (χ0n) is 31.2. The highest BCUT2D eigenvalue weighted by Crippen LogP contribution is 2.33. The second kappa shape index (κ2) is 15.8. The van der Waals surface area contributed by atoms with E-state index in [4.69, 9.17) is 4.98 Å². The van der Waals surface area contributed by atoms with Gasteiger partial charge in [0.1, 0.15) is 0 Å². The lowest BCUT2D eigenvalue weighted by atomic mass is 9.88. The van der Waals surface area contributed by atoms with E-state index in [-0.39, 0.29) is 11.9 Å². The normalized spacial score (nSPS) is 17.5. The fraction of sp³-hybridized carbons (Fsp3) is 0.372. The SMILES string of the molecule is CCNc1cncc(-c2ccc3cnc(Nc4ccc(C5CCN(CC6CCN(c7ccc(N8CCC(=O)NC8=O)cc7)CC6)CC5)cc4)nc3c2)c1C. The minimum absolute atomic E-state index is 0.209. The Kier molecular flexibility index (Phi) is 10.4. The largest absolute Gasteiger partial charge is 0.384 e. The fourth-order valence-electron chi connectivity index (χ4n) is 8.25. The maximum atomic E-state index is 12.2. The van der Waals surface area contributed by atoms with E-state index < -0.39 is 0 Å². The van der Waals surface area contributed by atoms with E-state index in [1.54, 1.807) is 4.90 Å². The van der Waals surface area contributed by atoms with E-state index >= 15 is 0 Å². The number of carbonyl (C=O) groups excluding carboxylic acids is 2. The summed E-state index contributed by atoms with van der Waals surface area (Å²) in [6.07, 6.45) is 10.8. The Labute approximate surface area is 317 Å². The molecular weight excluding hydrogens is 675 g/mol. The van der Waals surface area contributed by atoms with Gasteiger partial charge in [0.15, 0.2) is 0 Å². The zero-order chi connectivity index (χ0) is 37.0. The van der Waals surface area contributed by atoms with Gasteiger partial charge in [0.2, 0.25) is 11.9 Å². The quantitative estimate of drug-likeness (QED) is 0.133. The van der Waals surface area contributed by atoms with E-state index in [1.165, 1.54) is 49.0 Å². The van der Waals surface area contributed by atoms with Crippen molar-refractivity contribution in [3.63, 3.8) is 0 Å². The van der Waals surface area contributed by atoms with Crippen LogP contribution in [0.4, 0.5) is 33.5 Å². The number of amides is 3. The van der Waals surface area contributed by atoms with E-state index in [0.29, 0.717) is 24.8 Å². The standard InChI is InChI=1S/C43H49N9O2/c1-3-45-40-27-44-26-38(29(40)2)33-4-5-34-25-46-42(48-39(34)24-33)47-35-8-6-31(7-9-35)32-16-19-50(20-17-32)28-30-14-21-51(22-15-30)36-10-12-37(13-11-36)52-23-18-41(53)49-43(52)54/h4-13,24-27,30,32,45H,3,14-23,28H2,1-2H3,(H,46,47,48)(H,49,53,54). The molecule has 8 rings (SSSR count). The van der Waals surface area contributed by atoms with Crippen LogP contribution in [0.15, 0.2) is 85.3 Å². The van der Waals surface area contributed by atoms with Crippen LogP contribution in [0.1, 0.15) is 56.1 Å². The molecule has 11 nitrogen and oxygen atoms in total. The van der Waals surface area contributed by atoms with Gasteiger partial charge in [-0.25, -0.2) is 14.8 Å². The molecule has 5 heterocycles. The summed E-state index contributed by atoms with van der Waals surface area (Å²) >= 11 is 0. The van der Waals surface area contributed by atoms with E-state index in [2.05, 4.69) is 104 Å². The Morgan fingerprint density at radius 3 is 2.33 bits per heavy atom. The lowest BCUT2D eigenvalue weighted by Gasteiger charge is -2.38. The van der Waals surface area contributed by atoms with Gasteiger partial charge in [-0.15, -0.1) is 0 Å². The fourth-order valence-corrected chi connectivity index (χ4v) is 8.25. The first-order chi connectivity index (χ1) is 26.4. The van der Waals surface area contributed by atoms with Crippen LogP contribution in [-0.4, -0.2) is 77.6 Å². The molecule has 2 aromatic heterocycles. The zero-order valence-corrected chi connectivity index (χ0v) is 31.2. The van der Waals surface area contributed by atoms with Crippen molar-refractivity contribution < 1.29 is 9.59 Å². The van der Waals surface area contributed by atoms with Crippen LogP contribution in [0.2, 0.25) is 0 Å². The minimum atomic E-state index is -0.339. The lowest BCUT2D eigenvalue weighted by Crippen LogP contribution is -2.49. The molecular formula is C43H49N9O2. The highest BCUT2D eigenvalue weighted by atomic mass is 16.2. The van der Waals surface area contributed by atoms with Gasteiger partial charge in [0.05, 0.1) is 17.4 Å². The van der Waals surface area contributed by atoms with Gasteiger partial charge in [0.25, 0.3) is 0 Å². The number of hydrogen-bond donors (Lipinski definition) is 3. The molecule has 3 saturated heterocycles. The Morgan fingerprint density at radius 2 is 1.59 bits per heavy atom. The molecule has 3 aliphatic heterocycles. The summed E-state index contributed by atoms with van der Waals surface area (Å²) in [4.78, 5) is 44.4. The molecule has 3 aliphatic rings. The summed E-state index contributed by atoms with van der Waals surface area (Å²) in [5.74, 6) is 1.68. The number of carbonyl (C=O) groups is 2. The Balaban J connectivity index is 0.805. The molecule has 3 aromatic carbocycles. The third-order valence-electron chi connectivity index (χ3n) is 11.4. The molecule has 0 aliphatic carbocycles. The van der Waals surface area contributed by atoms with Gasteiger partial charge in [0, 0.05) is 79.6 Å². The van der Waals surface area contributed by atoms with Gasteiger partial charge < -0.3 is 20.4 Å². The summed E-state index contributed by atoms with van der Waals surface area (Å²) in [6, 6.07) is 23.0. The van der Waals surface area contributed by atoms with Crippen molar-refractivity contribution in [2.24, 2.45) is 5.92 Å². The van der Waals surface area contributed by atoms with Crippen molar-refractivity contribution in [1.29, 1.82) is 0 Å². The summed E-state index contributed by atoms with van der Waals surface area (Å²) in [5, 5.41) is 10.2. The number of rotatable bonds is 10. The molecule has 54 heavy (non-hydrogen) atoms. The molecule has 5 aromatic rings. The average Bonchev–Trinajstić information content (AvgIpc) is 3.20. The third-order valence-corrected chi connectivity index (χ3v) is 11.4. The van der Waals surface area contributed by atoms with Crippen LogP contribution >= 0.6 is 0 Å². The summed E-state index contributed by atoms with van der Waals surface area (Å²) < 4.78 is 0. The van der Waals surface area contributed by atoms with Crippen LogP contribution in [0.3, 0.4) is 0 Å².